The average molecular weight is 465 g/mol. The maximum absolute atomic E-state index is 12.5. The van der Waals surface area contributed by atoms with Crippen molar-refractivity contribution < 1.29 is 4.79 Å². The number of nitrogens with two attached hydrogens (primary N) is 1. The number of H-pyrrole nitrogens is 1. The van der Waals surface area contributed by atoms with Crippen LogP contribution in [0.2, 0.25) is 0 Å². The largest absolute Gasteiger partial charge is 0.361 e. The second kappa shape index (κ2) is 10.4. The summed E-state index contributed by atoms with van der Waals surface area (Å²) in [6.45, 7) is -0.0925. The number of para-hydroxylation sites is 2. The van der Waals surface area contributed by atoms with Gasteiger partial charge in [-0.3, -0.25) is 9.36 Å². The molecule has 3 aromatic carbocycles. The van der Waals surface area contributed by atoms with Crippen molar-refractivity contribution in [3.05, 3.63) is 114 Å². The second-order valence-corrected chi connectivity index (χ2v) is 8.52. The van der Waals surface area contributed by atoms with Crippen molar-refractivity contribution in [3.63, 3.8) is 0 Å². The van der Waals surface area contributed by atoms with Gasteiger partial charge in [0.15, 0.2) is 5.82 Å². The van der Waals surface area contributed by atoms with Gasteiger partial charge < -0.3 is 16.0 Å². The van der Waals surface area contributed by atoms with Gasteiger partial charge in [0, 0.05) is 35.6 Å². The third kappa shape index (κ3) is 5.00. The molecule has 0 aliphatic rings. The number of carbonyl (C=O) groups excluding carboxylic acids is 1. The fourth-order valence-electron chi connectivity index (χ4n) is 4.46. The van der Waals surface area contributed by atoms with E-state index < -0.39 is 6.04 Å². The van der Waals surface area contributed by atoms with Crippen molar-refractivity contribution in [2.24, 2.45) is 5.73 Å². The van der Waals surface area contributed by atoms with E-state index in [-0.39, 0.29) is 12.5 Å². The first-order valence-electron chi connectivity index (χ1n) is 11.8. The van der Waals surface area contributed by atoms with Gasteiger partial charge in [-0.25, -0.2) is 0 Å². The van der Waals surface area contributed by atoms with Crippen molar-refractivity contribution in [1.82, 2.24) is 25.1 Å². The van der Waals surface area contributed by atoms with Crippen molar-refractivity contribution in [3.8, 4) is 5.69 Å². The lowest BCUT2D eigenvalue weighted by molar-refractivity contribution is -0.120. The number of fused-ring (bicyclic) bond motifs is 1. The van der Waals surface area contributed by atoms with Gasteiger partial charge in [-0.15, -0.1) is 10.2 Å². The summed E-state index contributed by atoms with van der Waals surface area (Å²) in [4.78, 5) is 15.8. The number of aromatic nitrogens is 4. The Kier molecular flexibility index (Phi) is 6.68. The molecular formula is C28H28N6O. The quantitative estimate of drug-likeness (QED) is 0.308. The zero-order valence-corrected chi connectivity index (χ0v) is 19.4. The normalized spacial score (nSPS) is 12.0. The van der Waals surface area contributed by atoms with Crippen molar-refractivity contribution in [1.29, 1.82) is 0 Å². The van der Waals surface area contributed by atoms with Gasteiger partial charge in [-0.05, 0) is 35.7 Å². The maximum atomic E-state index is 12.5. The van der Waals surface area contributed by atoms with E-state index in [1.807, 2.05) is 72.9 Å². The number of hydrogen-bond donors (Lipinski definition) is 3. The van der Waals surface area contributed by atoms with Crippen LogP contribution in [-0.4, -0.2) is 32.2 Å². The molecule has 5 rings (SSSR count). The van der Waals surface area contributed by atoms with Crippen LogP contribution in [0.15, 0.2) is 91.1 Å². The third-order valence-corrected chi connectivity index (χ3v) is 6.18. The minimum absolute atomic E-state index is 0.0925. The number of hydrogen-bond acceptors (Lipinski definition) is 4. The highest BCUT2D eigenvalue weighted by molar-refractivity contribution is 5.83. The summed E-state index contributed by atoms with van der Waals surface area (Å²) in [7, 11) is 0. The highest BCUT2D eigenvalue weighted by atomic mass is 16.1. The van der Waals surface area contributed by atoms with E-state index in [1.165, 1.54) is 5.56 Å². The Labute approximate surface area is 204 Å². The van der Waals surface area contributed by atoms with Crippen LogP contribution in [0.1, 0.15) is 28.8 Å². The SMILES string of the molecule is NCC(=O)N[C@H](Cc1c[nH]c2ccccc12)c1nnc(CCc2ccccc2)n1-c1ccccc1. The smallest absolute Gasteiger partial charge is 0.234 e. The monoisotopic (exact) mass is 464 g/mol. The molecule has 0 unspecified atom stereocenters. The van der Waals surface area contributed by atoms with Crippen LogP contribution < -0.4 is 11.1 Å². The van der Waals surface area contributed by atoms with E-state index in [9.17, 15) is 4.79 Å². The molecule has 7 heteroatoms. The third-order valence-electron chi connectivity index (χ3n) is 6.18. The zero-order valence-electron chi connectivity index (χ0n) is 19.4. The lowest BCUT2D eigenvalue weighted by Gasteiger charge is -2.20. The van der Waals surface area contributed by atoms with Crippen LogP contribution in [0.25, 0.3) is 16.6 Å². The topological polar surface area (TPSA) is 102 Å². The molecule has 0 radical (unpaired) electrons. The van der Waals surface area contributed by atoms with Crippen molar-refractivity contribution in [2.45, 2.75) is 25.3 Å². The second-order valence-electron chi connectivity index (χ2n) is 8.52. The summed E-state index contributed by atoms with van der Waals surface area (Å²) in [5, 5.41) is 13.4. The van der Waals surface area contributed by atoms with Crippen molar-refractivity contribution in [2.75, 3.05) is 6.54 Å². The number of carbonyl (C=O) groups is 1. The molecular weight excluding hydrogens is 436 g/mol. The maximum Gasteiger partial charge on any atom is 0.234 e. The van der Waals surface area contributed by atoms with Gasteiger partial charge >= 0.3 is 0 Å². The van der Waals surface area contributed by atoms with E-state index in [4.69, 9.17) is 5.73 Å². The number of aromatic amines is 1. The number of benzene rings is 3. The van der Waals surface area contributed by atoms with Gasteiger partial charge in [-0.2, -0.15) is 0 Å². The highest BCUT2D eigenvalue weighted by Gasteiger charge is 2.25. The molecule has 0 aliphatic carbocycles. The molecule has 35 heavy (non-hydrogen) atoms. The van der Waals surface area contributed by atoms with Gasteiger partial charge in [0.25, 0.3) is 0 Å². The van der Waals surface area contributed by atoms with Crippen LogP contribution in [-0.2, 0) is 24.1 Å². The molecule has 0 aliphatic heterocycles. The Morgan fingerprint density at radius 2 is 1.63 bits per heavy atom. The van der Waals surface area contributed by atoms with E-state index >= 15 is 0 Å². The van der Waals surface area contributed by atoms with Gasteiger partial charge in [0.2, 0.25) is 5.91 Å². The van der Waals surface area contributed by atoms with Gasteiger partial charge in [-0.1, -0.05) is 66.7 Å². The first-order chi connectivity index (χ1) is 17.2. The molecule has 7 nitrogen and oxygen atoms in total. The summed E-state index contributed by atoms with van der Waals surface area (Å²) < 4.78 is 2.07. The molecule has 2 heterocycles. The molecule has 2 aromatic heterocycles. The van der Waals surface area contributed by atoms with Crippen LogP contribution in [0.3, 0.4) is 0 Å². The summed E-state index contributed by atoms with van der Waals surface area (Å²) in [5.41, 5.74) is 10.0. The minimum Gasteiger partial charge on any atom is -0.361 e. The van der Waals surface area contributed by atoms with E-state index in [0.717, 1.165) is 40.8 Å². The Hall–Kier alpha value is -4.23. The fourth-order valence-corrected chi connectivity index (χ4v) is 4.46. The van der Waals surface area contributed by atoms with Crippen molar-refractivity contribution >= 4 is 16.8 Å². The number of nitrogens with zero attached hydrogens (tertiary/aromatic N) is 3. The zero-order chi connectivity index (χ0) is 24.0. The summed E-state index contributed by atoms with van der Waals surface area (Å²) >= 11 is 0. The molecule has 0 saturated carbocycles. The summed E-state index contributed by atoms with van der Waals surface area (Å²) in [6.07, 6.45) is 4.11. The summed E-state index contributed by atoms with van der Waals surface area (Å²) in [6, 6.07) is 28.1. The number of amides is 1. The standard InChI is InChI=1S/C28H28N6O/c29-18-27(35)31-25(17-21-19-30-24-14-8-7-13-23(21)24)28-33-32-26(16-15-20-9-3-1-4-10-20)34(28)22-11-5-2-6-12-22/h1-14,19,25,30H,15-18,29H2,(H,31,35)/t25-/m1/s1. The first kappa shape index (κ1) is 22.6. The minimum atomic E-state index is -0.400. The van der Waals surface area contributed by atoms with Gasteiger partial charge in [0.1, 0.15) is 5.82 Å². The number of rotatable bonds is 9. The highest BCUT2D eigenvalue weighted by Crippen LogP contribution is 2.26. The van der Waals surface area contributed by atoms with Crippen LogP contribution in [0.4, 0.5) is 0 Å². The molecule has 4 N–H and O–H groups in total. The molecule has 0 bridgehead atoms. The predicted octanol–water partition coefficient (Wildman–Crippen LogP) is 3.89. The molecule has 0 saturated heterocycles. The molecule has 5 aromatic rings. The van der Waals surface area contributed by atoms with E-state index in [0.29, 0.717) is 12.2 Å². The molecule has 1 atom stereocenters. The van der Waals surface area contributed by atoms with E-state index in [2.05, 4.69) is 43.3 Å². The molecule has 176 valence electrons. The first-order valence-corrected chi connectivity index (χ1v) is 11.8. The number of aryl methyl sites for hydroxylation is 2. The van der Waals surface area contributed by atoms with Crippen LogP contribution in [0, 0.1) is 0 Å². The Bertz CT molecular complexity index is 1410. The van der Waals surface area contributed by atoms with Crippen LogP contribution in [0.5, 0.6) is 0 Å². The lowest BCUT2D eigenvalue weighted by atomic mass is 10.0. The summed E-state index contributed by atoms with van der Waals surface area (Å²) in [5.74, 6) is 1.30. The Morgan fingerprint density at radius 3 is 2.40 bits per heavy atom. The van der Waals surface area contributed by atoms with Crippen LogP contribution >= 0.6 is 0 Å². The predicted molar refractivity (Wildman–Crippen MR) is 137 cm³/mol. The molecule has 0 fully saturated rings. The number of nitrogens with one attached hydrogen (secondary N) is 2. The lowest BCUT2D eigenvalue weighted by Crippen LogP contribution is -2.36. The molecule has 1 amide bonds. The fraction of sp³-hybridized carbons (Fsp3) is 0.179. The van der Waals surface area contributed by atoms with Gasteiger partial charge in [0.05, 0.1) is 12.6 Å². The Balaban J connectivity index is 1.54. The average Bonchev–Trinajstić information content (AvgIpc) is 3.52. The van der Waals surface area contributed by atoms with E-state index in [1.54, 1.807) is 0 Å². The molecule has 0 spiro atoms. The Morgan fingerprint density at radius 1 is 0.914 bits per heavy atom.